The summed E-state index contributed by atoms with van der Waals surface area (Å²) in [6.45, 7) is 11.6. The van der Waals surface area contributed by atoms with Crippen LogP contribution in [0.1, 0.15) is 51.3 Å². The van der Waals surface area contributed by atoms with Gasteiger partial charge in [0.05, 0.1) is 0 Å². The third-order valence-electron chi connectivity index (χ3n) is 8.03. The topological polar surface area (TPSA) is 12.0 Å². The molecule has 1 nitrogen and oxygen atoms in total. The van der Waals surface area contributed by atoms with Crippen molar-refractivity contribution in [2.75, 3.05) is 5.32 Å². The van der Waals surface area contributed by atoms with Crippen LogP contribution in [-0.2, 0) is 10.8 Å². The molecular weight excluding hydrogens is 458 g/mol. The van der Waals surface area contributed by atoms with Gasteiger partial charge in [0, 0.05) is 27.9 Å². The predicted octanol–water partition coefficient (Wildman–Crippen LogP) is 10.4. The van der Waals surface area contributed by atoms with Gasteiger partial charge in [0.25, 0.3) is 0 Å². The molecule has 0 spiro atoms. The Balaban J connectivity index is 1.60. The van der Waals surface area contributed by atoms with Gasteiger partial charge in [0.15, 0.2) is 0 Å². The molecule has 38 heavy (non-hydrogen) atoms. The Morgan fingerprint density at radius 1 is 0.526 bits per heavy atom. The van der Waals surface area contributed by atoms with Gasteiger partial charge in [-0.05, 0) is 62.6 Å². The minimum atomic E-state index is -0.0960. The first-order chi connectivity index (χ1) is 18.2. The molecule has 0 fully saturated rings. The van der Waals surface area contributed by atoms with Crippen LogP contribution in [-0.4, -0.2) is 0 Å². The Morgan fingerprint density at radius 2 is 1.16 bits per heavy atom. The van der Waals surface area contributed by atoms with E-state index in [0.717, 1.165) is 11.4 Å². The molecule has 5 aromatic rings. The maximum Gasteiger partial charge on any atom is 0.0473 e. The van der Waals surface area contributed by atoms with Crippen molar-refractivity contribution in [2.45, 2.75) is 45.4 Å². The monoisotopic (exact) mass is 493 g/mol. The Morgan fingerprint density at radius 3 is 1.84 bits per heavy atom. The molecule has 0 unspecified atom stereocenters. The summed E-state index contributed by atoms with van der Waals surface area (Å²) in [5.74, 6) is 0. The minimum Gasteiger partial charge on any atom is -0.354 e. The van der Waals surface area contributed by atoms with Crippen molar-refractivity contribution in [2.24, 2.45) is 0 Å². The number of anilines is 2. The van der Waals surface area contributed by atoms with E-state index in [1.54, 1.807) is 0 Å². The number of hydrogen-bond donors (Lipinski definition) is 1. The zero-order valence-corrected chi connectivity index (χ0v) is 23.0. The molecule has 0 aliphatic heterocycles. The zero-order chi connectivity index (χ0) is 26.5. The standard InChI is InChI=1S/C37H35N/c1-36(2,3)28-20-21-31-30(24-28)35-32(37(31,4)5)22-27(25-14-8-6-9-15-25)23-34(35)38-33-19-13-12-18-29(33)26-16-10-7-11-17-26/h6-24,38H,1-5H3. The van der Waals surface area contributed by atoms with E-state index in [4.69, 9.17) is 0 Å². The van der Waals surface area contributed by atoms with E-state index in [-0.39, 0.29) is 10.8 Å². The molecule has 188 valence electrons. The number of benzene rings is 5. The fourth-order valence-electron chi connectivity index (χ4n) is 5.84. The van der Waals surface area contributed by atoms with E-state index in [0.29, 0.717) is 0 Å². The molecule has 0 aromatic heterocycles. The normalized spacial score (nSPS) is 13.6. The number of para-hydroxylation sites is 1. The first-order valence-corrected chi connectivity index (χ1v) is 13.5. The van der Waals surface area contributed by atoms with E-state index in [2.05, 4.69) is 155 Å². The summed E-state index contributed by atoms with van der Waals surface area (Å²) in [5.41, 5.74) is 13.9. The third-order valence-corrected chi connectivity index (χ3v) is 8.03. The molecule has 6 rings (SSSR count). The van der Waals surface area contributed by atoms with E-state index < -0.39 is 0 Å². The van der Waals surface area contributed by atoms with E-state index in [9.17, 15) is 0 Å². The minimum absolute atomic E-state index is 0.0827. The quantitative estimate of drug-likeness (QED) is 0.262. The van der Waals surface area contributed by atoms with Crippen molar-refractivity contribution in [1.29, 1.82) is 0 Å². The molecule has 0 atom stereocenters. The molecule has 0 heterocycles. The van der Waals surface area contributed by atoms with E-state index >= 15 is 0 Å². The lowest BCUT2D eigenvalue weighted by molar-refractivity contribution is 0.589. The van der Waals surface area contributed by atoms with Crippen LogP contribution in [0, 0.1) is 0 Å². The smallest absolute Gasteiger partial charge is 0.0473 e. The van der Waals surface area contributed by atoms with Crippen molar-refractivity contribution < 1.29 is 0 Å². The van der Waals surface area contributed by atoms with Crippen molar-refractivity contribution >= 4 is 11.4 Å². The van der Waals surface area contributed by atoms with Crippen molar-refractivity contribution in [3.05, 3.63) is 132 Å². The molecule has 0 saturated carbocycles. The van der Waals surface area contributed by atoms with Crippen LogP contribution in [0.25, 0.3) is 33.4 Å². The van der Waals surface area contributed by atoms with Crippen molar-refractivity contribution in [3.8, 4) is 33.4 Å². The summed E-state index contributed by atoms with van der Waals surface area (Å²) in [4.78, 5) is 0. The van der Waals surface area contributed by atoms with Crippen molar-refractivity contribution in [3.63, 3.8) is 0 Å². The van der Waals surface area contributed by atoms with Crippen LogP contribution in [0.5, 0.6) is 0 Å². The summed E-state index contributed by atoms with van der Waals surface area (Å²) in [6.07, 6.45) is 0. The average molecular weight is 494 g/mol. The SMILES string of the molecule is CC(C)(C)c1ccc2c(c1)-c1c(Nc3ccccc3-c3ccccc3)cc(-c3ccccc3)cc1C2(C)C. The van der Waals surface area contributed by atoms with Gasteiger partial charge in [-0.1, -0.05) is 132 Å². The first kappa shape index (κ1) is 24.2. The number of rotatable bonds is 4. The first-order valence-electron chi connectivity index (χ1n) is 13.5. The Hall–Kier alpha value is -4.10. The molecule has 1 aliphatic carbocycles. The van der Waals surface area contributed by atoms with Gasteiger partial charge in [0.1, 0.15) is 0 Å². The van der Waals surface area contributed by atoms with Crippen LogP contribution in [0.4, 0.5) is 11.4 Å². The Kier molecular flexibility index (Phi) is 5.76. The summed E-state index contributed by atoms with van der Waals surface area (Å²) in [7, 11) is 0. The van der Waals surface area contributed by atoms with Crippen LogP contribution in [0.3, 0.4) is 0 Å². The molecule has 1 aliphatic rings. The summed E-state index contributed by atoms with van der Waals surface area (Å²) in [6, 6.07) is 41.9. The van der Waals surface area contributed by atoms with Crippen LogP contribution < -0.4 is 5.32 Å². The highest BCUT2D eigenvalue weighted by Crippen LogP contribution is 2.54. The fourth-order valence-corrected chi connectivity index (χ4v) is 5.84. The second-order valence-electron chi connectivity index (χ2n) is 12.0. The Bertz CT molecular complexity index is 1620. The molecule has 0 saturated heterocycles. The van der Waals surface area contributed by atoms with Crippen LogP contribution >= 0.6 is 0 Å². The summed E-state index contributed by atoms with van der Waals surface area (Å²) < 4.78 is 0. The lowest BCUT2D eigenvalue weighted by Crippen LogP contribution is -2.16. The lowest BCUT2D eigenvalue weighted by Gasteiger charge is -2.24. The maximum atomic E-state index is 3.92. The number of fused-ring (bicyclic) bond motifs is 3. The molecule has 1 N–H and O–H groups in total. The summed E-state index contributed by atoms with van der Waals surface area (Å²) >= 11 is 0. The molecular formula is C37H35N. The van der Waals surface area contributed by atoms with Crippen LogP contribution in [0.2, 0.25) is 0 Å². The predicted molar refractivity (Wildman–Crippen MR) is 163 cm³/mol. The average Bonchev–Trinajstić information content (AvgIpc) is 3.16. The second kappa shape index (κ2) is 9.03. The highest BCUT2D eigenvalue weighted by atomic mass is 14.9. The number of nitrogens with one attached hydrogen (secondary N) is 1. The maximum absolute atomic E-state index is 3.92. The highest BCUT2D eigenvalue weighted by molar-refractivity contribution is 5.95. The highest BCUT2D eigenvalue weighted by Gasteiger charge is 2.38. The Labute approximate surface area is 227 Å². The van der Waals surface area contributed by atoms with E-state index in [1.807, 2.05) is 0 Å². The largest absolute Gasteiger partial charge is 0.354 e. The van der Waals surface area contributed by atoms with Crippen LogP contribution in [0.15, 0.2) is 115 Å². The summed E-state index contributed by atoms with van der Waals surface area (Å²) in [5, 5.41) is 3.92. The van der Waals surface area contributed by atoms with Gasteiger partial charge in [-0.2, -0.15) is 0 Å². The molecule has 5 aromatic carbocycles. The number of hydrogen-bond acceptors (Lipinski definition) is 1. The van der Waals surface area contributed by atoms with Gasteiger partial charge in [-0.25, -0.2) is 0 Å². The van der Waals surface area contributed by atoms with Gasteiger partial charge in [0.2, 0.25) is 0 Å². The fraction of sp³-hybridized carbons (Fsp3) is 0.189. The molecule has 0 radical (unpaired) electrons. The van der Waals surface area contributed by atoms with Gasteiger partial charge >= 0.3 is 0 Å². The lowest BCUT2D eigenvalue weighted by atomic mass is 9.80. The molecule has 1 heteroatoms. The van der Waals surface area contributed by atoms with Crippen molar-refractivity contribution in [1.82, 2.24) is 0 Å². The molecule has 0 bridgehead atoms. The van der Waals surface area contributed by atoms with E-state index in [1.165, 1.54) is 50.1 Å². The molecule has 0 amide bonds. The van der Waals surface area contributed by atoms with Gasteiger partial charge in [-0.3, -0.25) is 0 Å². The second-order valence-corrected chi connectivity index (χ2v) is 12.0. The van der Waals surface area contributed by atoms with Gasteiger partial charge < -0.3 is 5.32 Å². The van der Waals surface area contributed by atoms with Gasteiger partial charge in [-0.15, -0.1) is 0 Å². The zero-order valence-electron chi connectivity index (χ0n) is 23.0. The third kappa shape index (κ3) is 4.13.